The lowest BCUT2D eigenvalue weighted by Gasteiger charge is -2.17. The standard InChI is InChI=1S/C25H28FN5O3/c1-13-10-16(18-11-20(27-12-19(18)26)29-22(32)15-6-7-15)8-9-17(13)14(2)28-23(33)21-30-24(34-31-21)25(3,4)5/h8-12,14-15H,6-7H2,1-5H3,(H,28,33)(H,27,29,32)/t14-/m1/s1. The van der Waals surface area contributed by atoms with Gasteiger partial charge in [-0.15, -0.1) is 0 Å². The molecule has 1 aromatic carbocycles. The number of nitrogens with one attached hydrogen (secondary N) is 2. The van der Waals surface area contributed by atoms with Crippen LogP contribution in [0.25, 0.3) is 11.1 Å². The first-order valence-electron chi connectivity index (χ1n) is 11.3. The molecular formula is C25H28FN5O3. The van der Waals surface area contributed by atoms with Crippen LogP contribution in [0.4, 0.5) is 10.2 Å². The number of carbonyl (C=O) groups excluding carboxylic acids is 2. The third-order valence-corrected chi connectivity index (χ3v) is 5.72. The van der Waals surface area contributed by atoms with E-state index in [2.05, 4.69) is 25.8 Å². The van der Waals surface area contributed by atoms with Crippen LogP contribution in [0.2, 0.25) is 0 Å². The van der Waals surface area contributed by atoms with Gasteiger partial charge in [-0.3, -0.25) is 9.59 Å². The fourth-order valence-corrected chi connectivity index (χ4v) is 3.59. The zero-order valence-electron chi connectivity index (χ0n) is 19.9. The summed E-state index contributed by atoms with van der Waals surface area (Å²) >= 11 is 0. The van der Waals surface area contributed by atoms with E-state index < -0.39 is 11.7 Å². The maximum Gasteiger partial charge on any atom is 0.293 e. The topological polar surface area (TPSA) is 110 Å². The maximum atomic E-state index is 14.5. The van der Waals surface area contributed by atoms with E-state index >= 15 is 0 Å². The minimum absolute atomic E-state index is 0.0225. The Morgan fingerprint density at radius 1 is 1.21 bits per heavy atom. The van der Waals surface area contributed by atoms with E-state index in [-0.39, 0.29) is 29.1 Å². The van der Waals surface area contributed by atoms with Gasteiger partial charge in [0.15, 0.2) is 0 Å². The van der Waals surface area contributed by atoms with E-state index in [9.17, 15) is 14.0 Å². The number of aryl methyl sites for hydroxylation is 1. The Bertz CT molecular complexity index is 1240. The molecule has 1 aliphatic rings. The number of anilines is 1. The largest absolute Gasteiger partial charge is 0.343 e. The van der Waals surface area contributed by atoms with Crippen LogP contribution < -0.4 is 10.6 Å². The lowest BCUT2D eigenvalue weighted by Crippen LogP contribution is -2.28. The zero-order chi connectivity index (χ0) is 24.6. The van der Waals surface area contributed by atoms with Crippen LogP contribution in [-0.4, -0.2) is 26.9 Å². The van der Waals surface area contributed by atoms with E-state index in [0.29, 0.717) is 22.8 Å². The maximum absolute atomic E-state index is 14.5. The molecule has 0 bridgehead atoms. The monoisotopic (exact) mass is 465 g/mol. The molecule has 3 aromatic rings. The number of hydrogen-bond acceptors (Lipinski definition) is 6. The molecule has 2 heterocycles. The highest BCUT2D eigenvalue weighted by molar-refractivity contribution is 5.93. The molecule has 2 amide bonds. The van der Waals surface area contributed by atoms with E-state index in [1.165, 1.54) is 6.07 Å². The smallest absolute Gasteiger partial charge is 0.293 e. The van der Waals surface area contributed by atoms with Crippen molar-refractivity contribution < 1.29 is 18.5 Å². The minimum atomic E-state index is -0.482. The van der Waals surface area contributed by atoms with Gasteiger partial charge >= 0.3 is 0 Å². The number of carbonyl (C=O) groups is 2. The van der Waals surface area contributed by atoms with Crippen molar-refractivity contribution in [2.75, 3.05) is 5.32 Å². The molecular weight excluding hydrogens is 437 g/mol. The van der Waals surface area contributed by atoms with E-state index in [1.54, 1.807) is 6.07 Å². The van der Waals surface area contributed by atoms with Crippen molar-refractivity contribution >= 4 is 17.6 Å². The molecule has 0 unspecified atom stereocenters. The van der Waals surface area contributed by atoms with Crippen LogP contribution in [0.15, 0.2) is 35.0 Å². The second-order valence-corrected chi connectivity index (χ2v) is 9.75. The lowest BCUT2D eigenvalue weighted by molar-refractivity contribution is -0.117. The van der Waals surface area contributed by atoms with Crippen molar-refractivity contribution in [3.63, 3.8) is 0 Å². The van der Waals surface area contributed by atoms with E-state index in [4.69, 9.17) is 4.52 Å². The molecule has 0 aliphatic heterocycles. The summed E-state index contributed by atoms with van der Waals surface area (Å²) in [6.07, 6.45) is 2.86. The number of hydrogen-bond donors (Lipinski definition) is 2. The molecule has 1 saturated carbocycles. The van der Waals surface area contributed by atoms with Crippen LogP contribution in [0.5, 0.6) is 0 Å². The van der Waals surface area contributed by atoms with Crippen molar-refractivity contribution in [2.24, 2.45) is 5.92 Å². The summed E-state index contributed by atoms with van der Waals surface area (Å²) in [6, 6.07) is 6.66. The Kier molecular flexibility index (Phi) is 6.20. The van der Waals surface area contributed by atoms with Gasteiger partial charge in [0, 0.05) is 16.9 Å². The van der Waals surface area contributed by atoms with Crippen LogP contribution in [0, 0.1) is 18.7 Å². The highest BCUT2D eigenvalue weighted by Gasteiger charge is 2.30. The molecule has 0 radical (unpaired) electrons. The fraction of sp³-hybridized carbons (Fsp3) is 0.400. The summed E-state index contributed by atoms with van der Waals surface area (Å²) in [5.41, 5.74) is 2.37. The molecule has 34 heavy (non-hydrogen) atoms. The first-order valence-corrected chi connectivity index (χ1v) is 11.3. The van der Waals surface area contributed by atoms with Crippen molar-refractivity contribution in [1.82, 2.24) is 20.4 Å². The molecule has 178 valence electrons. The highest BCUT2D eigenvalue weighted by Crippen LogP contribution is 2.32. The second-order valence-electron chi connectivity index (χ2n) is 9.75. The molecule has 2 N–H and O–H groups in total. The Labute approximate surface area is 197 Å². The van der Waals surface area contributed by atoms with Crippen LogP contribution in [0.1, 0.15) is 74.2 Å². The number of rotatable bonds is 6. The first-order chi connectivity index (χ1) is 16.0. The van der Waals surface area contributed by atoms with Gasteiger partial charge in [0.2, 0.25) is 11.8 Å². The van der Waals surface area contributed by atoms with Crippen molar-refractivity contribution in [2.45, 2.75) is 58.9 Å². The minimum Gasteiger partial charge on any atom is -0.343 e. The summed E-state index contributed by atoms with van der Waals surface area (Å²) in [5, 5.41) is 9.41. The third kappa shape index (κ3) is 5.13. The van der Waals surface area contributed by atoms with Gasteiger partial charge in [-0.1, -0.05) is 44.1 Å². The Morgan fingerprint density at radius 3 is 2.56 bits per heavy atom. The normalized spacial score (nSPS) is 14.5. The third-order valence-electron chi connectivity index (χ3n) is 5.72. The van der Waals surface area contributed by atoms with Crippen LogP contribution in [-0.2, 0) is 10.2 Å². The predicted octanol–water partition coefficient (Wildman–Crippen LogP) is 4.72. The van der Waals surface area contributed by atoms with Gasteiger partial charge in [0.25, 0.3) is 11.7 Å². The molecule has 0 spiro atoms. The molecule has 4 rings (SSSR count). The highest BCUT2D eigenvalue weighted by atomic mass is 19.1. The summed E-state index contributed by atoms with van der Waals surface area (Å²) in [6.45, 7) is 9.51. The fourth-order valence-electron chi connectivity index (χ4n) is 3.59. The number of nitrogens with zero attached hydrogens (tertiary/aromatic N) is 3. The van der Waals surface area contributed by atoms with Gasteiger partial charge in [-0.25, -0.2) is 9.37 Å². The van der Waals surface area contributed by atoms with Gasteiger partial charge in [-0.05, 0) is 49.4 Å². The summed E-state index contributed by atoms with van der Waals surface area (Å²) in [7, 11) is 0. The van der Waals surface area contributed by atoms with E-state index in [0.717, 1.165) is 30.2 Å². The van der Waals surface area contributed by atoms with E-state index in [1.807, 2.05) is 46.8 Å². The van der Waals surface area contributed by atoms with Gasteiger partial charge < -0.3 is 15.2 Å². The molecule has 1 fully saturated rings. The quantitative estimate of drug-likeness (QED) is 0.545. The first kappa shape index (κ1) is 23.5. The average molecular weight is 466 g/mol. The number of pyridine rings is 1. The number of benzene rings is 1. The van der Waals surface area contributed by atoms with Crippen LogP contribution >= 0.6 is 0 Å². The van der Waals surface area contributed by atoms with Crippen LogP contribution in [0.3, 0.4) is 0 Å². The number of amides is 2. The van der Waals surface area contributed by atoms with Gasteiger partial charge in [0.05, 0.1) is 12.2 Å². The SMILES string of the molecule is Cc1cc(-c2cc(NC(=O)C3CC3)ncc2F)ccc1[C@@H](C)NC(=O)c1noc(C(C)(C)C)n1. The van der Waals surface area contributed by atoms with Crippen molar-refractivity contribution in [3.8, 4) is 11.1 Å². The number of aromatic nitrogens is 3. The Morgan fingerprint density at radius 2 is 1.94 bits per heavy atom. The van der Waals surface area contributed by atoms with Crippen molar-refractivity contribution in [1.29, 1.82) is 0 Å². The Balaban J connectivity index is 1.50. The van der Waals surface area contributed by atoms with Gasteiger partial charge in [0.1, 0.15) is 11.6 Å². The summed E-state index contributed by atoms with van der Waals surface area (Å²) in [4.78, 5) is 32.8. The second kappa shape index (κ2) is 8.96. The van der Waals surface area contributed by atoms with Gasteiger partial charge in [-0.2, -0.15) is 4.98 Å². The average Bonchev–Trinajstić information content (AvgIpc) is 3.49. The number of halogens is 1. The zero-order valence-corrected chi connectivity index (χ0v) is 19.9. The molecule has 0 saturated heterocycles. The summed E-state index contributed by atoms with van der Waals surface area (Å²) < 4.78 is 19.7. The summed E-state index contributed by atoms with van der Waals surface area (Å²) in [5.74, 6) is -0.288. The molecule has 9 heteroatoms. The molecule has 1 aliphatic carbocycles. The van der Waals surface area contributed by atoms with Crippen molar-refractivity contribution in [3.05, 3.63) is 59.1 Å². The predicted molar refractivity (Wildman–Crippen MR) is 125 cm³/mol. The molecule has 8 nitrogen and oxygen atoms in total. The molecule has 1 atom stereocenters. The lowest BCUT2D eigenvalue weighted by atomic mass is 9.96. The molecule has 2 aromatic heterocycles. The Hall–Kier alpha value is -3.62.